The van der Waals surface area contributed by atoms with Crippen LogP contribution in [0.15, 0.2) is 70.6 Å². The third-order valence-corrected chi connectivity index (χ3v) is 5.69. The van der Waals surface area contributed by atoms with E-state index in [-0.39, 0.29) is 5.25 Å². The molecule has 142 valence electrons. The third-order valence-electron chi connectivity index (χ3n) is 4.49. The number of thioether (sulfide) groups is 1. The minimum Gasteiger partial charge on any atom is -0.497 e. The molecule has 1 atom stereocenters. The maximum atomic E-state index is 5.61. The molecule has 0 spiro atoms. The second-order valence-corrected chi connectivity index (χ2v) is 7.72. The topological polar surface area (TPSA) is 66.0 Å². The number of nitrogens with zero attached hydrogens (tertiary/aromatic N) is 4. The van der Waals surface area contributed by atoms with E-state index in [1.807, 2.05) is 54.1 Å². The minimum absolute atomic E-state index is 0.229. The summed E-state index contributed by atoms with van der Waals surface area (Å²) in [5.74, 6) is 1.55. The highest BCUT2D eigenvalue weighted by Crippen LogP contribution is 2.35. The molecule has 2 aromatic carbocycles. The van der Waals surface area contributed by atoms with Gasteiger partial charge in [0.1, 0.15) is 17.8 Å². The van der Waals surface area contributed by atoms with Gasteiger partial charge >= 0.3 is 0 Å². The number of hydrogen-bond donors (Lipinski definition) is 0. The van der Waals surface area contributed by atoms with Crippen LogP contribution in [0.2, 0.25) is 0 Å². The second-order valence-electron chi connectivity index (χ2n) is 6.41. The lowest BCUT2D eigenvalue weighted by molar-refractivity contribution is 0.415. The highest BCUT2D eigenvalue weighted by atomic mass is 32.2. The van der Waals surface area contributed by atoms with Crippen molar-refractivity contribution in [1.82, 2.24) is 19.9 Å². The molecule has 0 aliphatic heterocycles. The van der Waals surface area contributed by atoms with E-state index in [0.717, 1.165) is 33.5 Å². The Balaban J connectivity index is 1.56. The zero-order valence-corrected chi connectivity index (χ0v) is 16.7. The number of benzene rings is 2. The summed E-state index contributed by atoms with van der Waals surface area (Å²) in [5.41, 5.74) is 3.96. The number of aromatic nitrogens is 4. The molecule has 0 radical (unpaired) electrons. The van der Waals surface area contributed by atoms with Crippen molar-refractivity contribution >= 4 is 11.8 Å². The zero-order chi connectivity index (χ0) is 19.5. The van der Waals surface area contributed by atoms with E-state index < -0.39 is 0 Å². The van der Waals surface area contributed by atoms with Crippen molar-refractivity contribution < 1.29 is 9.26 Å². The Morgan fingerprint density at radius 3 is 2.61 bits per heavy atom. The first-order chi connectivity index (χ1) is 13.6. The molecule has 4 aromatic rings. The first-order valence-corrected chi connectivity index (χ1v) is 9.74. The van der Waals surface area contributed by atoms with E-state index in [2.05, 4.69) is 34.4 Å². The van der Waals surface area contributed by atoms with E-state index in [9.17, 15) is 0 Å². The predicted molar refractivity (Wildman–Crippen MR) is 109 cm³/mol. The fourth-order valence-corrected chi connectivity index (χ4v) is 3.77. The normalized spacial score (nSPS) is 12.1. The van der Waals surface area contributed by atoms with E-state index >= 15 is 0 Å². The van der Waals surface area contributed by atoms with Crippen molar-refractivity contribution in [2.45, 2.75) is 17.3 Å². The molecular formula is C21H20N4O2S. The smallest absolute Gasteiger partial charge is 0.191 e. The van der Waals surface area contributed by atoms with Crippen molar-refractivity contribution in [3.05, 3.63) is 66.5 Å². The van der Waals surface area contributed by atoms with E-state index in [1.165, 1.54) is 5.56 Å². The molecule has 0 unspecified atom stereocenters. The van der Waals surface area contributed by atoms with Crippen molar-refractivity contribution in [2.75, 3.05) is 7.11 Å². The molecule has 28 heavy (non-hydrogen) atoms. The summed E-state index contributed by atoms with van der Waals surface area (Å²) in [6, 6.07) is 18.0. The molecule has 2 aromatic heterocycles. The molecule has 6 nitrogen and oxygen atoms in total. The van der Waals surface area contributed by atoms with E-state index in [4.69, 9.17) is 9.26 Å². The molecule has 0 aliphatic rings. The maximum absolute atomic E-state index is 5.61. The molecule has 7 heteroatoms. The lowest BCUT2D eigenvalue weighted by Gasteiger charge is -2.11. The summed E-state index contributed by atoms with van der Waals surface area (Å²) in [5, 5.41) is 13.4. The van der Waals surface area contributed by atoms with Crippen LogP contribution in [-0.2, 0) is 7.05 Å². The fourth-order valence-electron chi connectivity index (χ4n) is 2.86. The zero-order valence-electron chi connectivity index (χ0n) is 15.9. The minimum atomic E-state index is 0.229. The Kier molecular flexibility index (Phi) is 5.16. The van der Waals surface area contributed by atoms with Gasteiger partial charge in [-0.05, 0) is 42.8 Å². The summed E-state index contributed by atoms with van der Waals surface area (Å²) in [6.45, 7) is 2.15. The van der Waals surface area contributed by atoms with Crippen molar-refractivity contribution in [3.63, 3.8) is 0 Å². The summed E-state index contributed by atoms with van der Waals surface area (Å²) >= 11 is 1.67. The molecular weight excluding hydrogens is 372 g/mol. The van der Waals surface area contributed by atoms with E-state index in [1.54, 1.807) is 25.2 Å². The highest BCUT2D eigenvalue weighted by molar-refractivity contribution is 7.99. The molecule has 0 saturated carbocycles. The Hall–Kier alpha value is -3.06. The largest absolute Gasteiger partial charge is 0.497 e. The molecule has 0 saturated heterocycles. The molecule has 0 N–H and O–H groups in total. The van der Waals surface area contributed by atoms with Gasteiger partial charge in [0.25, 0.3) is 0 Å². The molecule has 0 amide bonds. The Labute approximate surface area is 167 Å². The van der Waals surface area contributed by atoms with Crippen LogP contribution in [0.3, 0.4) is 0 Å². The number of ether oxygens (including phenoxy) is 1. The van der Waals surface area contributed by atoms with Gasteiger partial charge in [-0.3, -0.25) is 0 Å². The van der Waals surface area contributed by atoms with Gasteiger partial charge in [-0.1, -0.05) is 35.1 Å². The van der Waals surface area contributed by atoms with Crippen LogP contribution in [0.25, 0.3) is 22.6 Å². The first-order valence-electron chi connectivity index (χ1n) is 8.86. The quantitative estimate of drug-likeness (QED) is 0.430. The number of hydrogen-bond acceptors (Lipinski definition) is 6. The Morgan fingerprint density at radius 1 is 1.07 bits per heavy atom. The monoisotopic (exact) mass is 392 g/mol. The molecule has 0 fully saturated rings. The van der Waals surface area contributed by atoms with Crippen LogP contribution in [0.5, 0.6) is 5.75 Å². The second kappa shape index (κ2) is 7.90. The van der Waals surface area contributed by atoms with Crippen LogP contribution < -0.4 is 4.74 Å². The van der Waals surface area contributed by atoms with Crippen LogP contribution >= 0.6 is 11.8 Å². The summed E-state index contributed by atoms with van der Waals surface area (Å²) < 4.78 is 12.7. The van der Waals surface area contributed by atoms with Crippen molar-refractivity contribution in [2.24, 2.45) is 7.05 Å². The summed E-state index contributed by atoms with van der Waals surface area (Å²) in [4.78, 5) is 0. The molecule has 0 aliphatic carbocycles. The van der Waals surface area contributed by atoms with Crippen LogP contribution in [-0.4, -0.2) is 27.0 Å². The average Bonchev–Trinajstić information content (AvgIpc) is 3.38. The fraction of sp³-hybridized carbons (Fsp3) is 0.190. The van der Waals surface area contributed by atoms with Gasteiger partial charge in [-0.25, -0.2) is 0 Å². The van der Waals surface area contributed by atoms with Crippen LogP contribution in [0, 0.1) is 0 Å². The van der Waals surface area contributed by atoms with Crippen molar-refractivity contribution in [3.8, 4) is 28.3 Å². The van der Waals surface area contributed by atoms with Gasteiger partial charge in [0, 0.05) is 29.5 Å². The van der Waals surface area contributed by atoms with Gasteiger partial charge < -0.3 is 13.8 Å². The standard InChI is InChI=1S/C21H20N4O2S/c1-14(28-21-23-22-13-25(21)2)16-5-4-6-17(11-16)20-12-19(24-27-20)15-7-9-18(26-3)10-8-15/h4-14H,1-3H3/t14-/m0/s1. The SMILES string of the molecule is COc1ccc(-c2cc(-c3cccc([C@H](C)Sc4nncn4C)c3)on2)cc1. The van der Waals surface area contributed by atoms with Crippen LogP contribution in [0.1, 0.15) is 17.7 Å². The van der Waals surface area contributed by atoms with Crippen LogP contribution in [0.4, 0.5) is 0 Å². The number of methoxy groups -OCH3 is 1. The van der Waals surface area contributed by atoms with Gasteiger partial charge in [-0.15, -0.1) is 10.2 Å². The van der Waals surface area contributed by atoms with Gasteiger partial charge in [0.15, 0.2) is 10.9 Å². The Bertz CT molecular complexity index is 1070. The molecule has 0 bridgehead atoms. The maximum Gasteiger partial charge on any atom is 0.191 e. The lowest BCUT2D eigenvalue weighted by Crippen LogP contribution is -1.94. The van der Waals surface area contributed by atoms with Crippen molar-refractivity contribution in [1.29, 1.82) is 0 Å². The Morgan fingerprint density at radius 2 is 1.89 bits per heavy atom. The van der Waals surface area contributed by atoms with Gasteiger partial charge in [0.05, 0.1) is 7.11 Å². The number of aryl methyl sites for hydroxylation is 1. The number of rotatable bonds is 6. The average molecular weight is 392 g/mol. The molecule has 4 rings (SSSR count). The first kappa shape index (κ1) is 18.3. The third kappa shape index (κ3) is 3.80. The lowest BCUT2D eigenvalue weighted by atomic mass is 10.1. The summed E-state index contributed by atoms with van der Waals surface area (Å²) in [6.07, 6.45) is 1.71. The van der Waals surface area contributed by atoms with Gasteiger partial charge in [0.2, 0.25) is 0 Å². The van der Waals surface area contributed by atoms with Gasteiger partial charge in [-0.2, -0.15) is 0 Å². The highest BCUT2D eigenvalue weighted by Gasteiger charge is 2.14. The summed E-state index contributed by atoms with van der Waals surface area (Å²) in [7, 11) is 3.60. The molecule has 2 heterocycles. The van der Waals surface area contributed by atoms with E-state index in [0.29, 0.717) is 0 Å². The predicted octanol–water partition coefficient (Wildman–Crippen LogP) is 5.00.